The van der Waals surface area contributed by atoms with Crippen molar-refractivity contribution in [2.75, 3.05) is 51.3 Å². The Morgan fingerprint density at radius 1 is 1.29 bits per heavy atom. The molecule has 132 valence electrons. The van der Waals surface area contributed by atoms with Crippen LogP contribution in [0.2, 0.25) is 0 Å². The van der Waals surface area contributed by atoms with Crippen molar-refractivity contribution in [3.05, 3.63) is 34.4 Å². The van der Waals surface area contributed by atoms with Crippen molar-refractivity contribution in [1.29, 1.82) is 0 Å². The summed E-state index contributed by atoms with van der Waals surface area (Å²) in [5.41, 5.74) is -0.150. The lowest BCUT2D eigenvalue weighted by Crippen LogP contribution is -2.50. The summed E-state index contributed by atoms with van der Waals surface area (Å²) < 4.78 is 16.4. The van der Waals surface area contributed by atoms with Crippen LogP contribution in [0, 0.1) is 10.1 Å². The Bertz CT molecular complexity index is 617. The van der Waals surface area contributed by atoms with E-state index in [0.717, 1.165) is 19.6 Å². The normalized spacial score (nSPS) is 16.6. The van der Waals surface area contributed by atoms with Gasteiger partial charge in [-0.2, -0.15) is 0 Å². The zero-order valence-corrected chi connectivity index (χ0v) is 14.4. The van der Waals surface area contributed by atoms with Gasteiger partial charge in [0.25, 0.3) is 5.91 Å². The Labute approximate surface area is 143 Å². The average Bonchev–Trinajstić information content (AvgIpc) is 2.58. The van der Waals surface area contributed by atoms with Gasteiger partial charge in [-0.15, -0.1) is 0 Å². The molecule has 0 spiro atoms. The lowest BCUT2D eigenvalue weighted by Gasteiger charge is -2.34. The fourth-order valence-corrected chi connectivity index (χ4v) is 2.95. The van der Waals surface area contributed by atoms with Crippen LogP contribution in [0.15, 0.2) is 24.3 Å². The summed E-state index contributed by atoms with van der Waals surface area (Å²) in [5.74, 6) is 0.543. The molecule has 1 heterocycles. The fraction of sp³-hybridized carbons (Fsp3) is 0.533. The monoisotopic (exact) mass is 355 g/mol. The molecule has 0 bridgehead atoms. The van der Waals surface area contributed by atoms with Gasteiger partial charge in [0.05, 0.1) is 4.92 Å². The van der Waals surface area contributed by atoms with Gasteiger partial charge >= 0.3 is 5.69 Å². The van der Waals surface area contributed by atoms with Crippen molar-refractivity contribution in [3.63, 3.8) is 0 Å². The van der Waals surface area contributed by atoms with E-state index in [0.29, 0.717) is 18.8 Å². The third-order valence-corrected chi connectivity index (χ3v) is 4.59. The van der Waals surface area contributed by atoms with Gasteiger partial charge in [0.15, 0.2) is 12.4 Å². The summed E-state index contributed by atoms with van der Waals surface area (Å²) >= 11 is 0. The van der Waals surface area contributed by atoms with Crippen LogP contribution in [0.5, 0.6) is 5.75 Å². The first-order valence-corrected chi connectivity index (χ1v) is 9.36. The molecule has 1 fully saturated rings. The number of benzene rings is 1. The minimum Gasteiger partial charge on any atom is -0.477 e. The Morgan fingerprint density at radius 3 is 2.58 bits per heavy atom. The molecule has 1 saturated heterocycles. The van der Waals surface area contributed by atoms with E-state index in [2.05, 4.69) is 4.90 Å². The molecule has 1 aromatic carbocycles. The standard InChI is InChI=1S/C15H21N3O5S/c1-24(22)11-10-16-6-8-17(9-7-16)15(19)12-23-14-5-3-2-4-13(14)18(20)21/h2-5H,6-12H2,1H3/t24-/m0/s1. The van der Waals surface area contributed by atoms with Gasteiger partial charge in [0.2, 0.25) is 0 Å². The number of piperazine rings is 1. The Kier molecular flexibility index (Phi) is 6.68. The first kappa shape index (κ1) is 18.3. The molecule has 0 aliphatic carbocycles. The maximum atomic E-state index is 12.2. The second-order valence-corrected chi connectivity index (χ2v) is 7.07. The molecule has 1 aromatic rings. The van der Waals surface area contributed by atoms with Crippen molar-refractivity contribution < 1.29 is 18.7 Å². The van der Waals surface area contributed by atoms with Gasteiger partial charge < -0.3 is 9.64 Å². The fourth-order valence-electron chi connectivity index (χ4n) is 2.44. The lowest BCUT2D eigenvalue weighted by atomic mass is 10.3. The molecule has 2 rings (SSSR count). The summed E-state index contributed by atoms with van der Waals surface area (Å²) in [6.45, 7) is 3.16. The Morgan fingerprint density at radius 2 is 1.96 bits per heavy atom. The predicted octanol–water partition coefficient (Wildman–Crippen LogP) is 0.496. The molecular formula is C15H21N3O5S. The largest absolute Gasteiger partial charge is 0.477 e. The number of nitro groups is 1. The molecule has 1 atom stereocenters. The number of para-hydroxylation sites is 2. The number of hydrogen-bond donors (Lipinski definition) is 0. The second kappa shape index (κ2) is 8.74. The van der Waals surface area contributed by atoms with Gasteiger partial charge in [-0.25, -0.2) is 0 Å². The van der Waals surface area contributed by atoms with Gasteiger partial charge in [-0.05, 0) is 6.07 Å². The highest BCUT2D eigenvalue weighted by atomic mass is 32.2. The molecular weight excluding hydrogens is 334 g/mol. The minimum absolute atomic E-state index is 0.0971. The molecule has 0 unspecified atom stereocenters. The van der Waals surface area contributed by atoms with Crippen molar-refractivity contribution in [2.24, 2.45) is 0 Å². The zero-order valence-electron chi connectivity index (χ0n) is 13.6. The third kappa shape index (κ3) is 5.27. The highest BCUT2D eigenvalue weighted by molar-refractivity contribution is 7.84. The van der Waals surface area contributed by atoms with Crippen LogP contribution in [0.25, 0.3) is 0 Å². The topological polar surface area (TPSA) is 93.0 Å². The van der Waals surface area contributed by atoms with Gasteiger partial charge in [0.1, 0.15) is 0 Å². The first-order chi connectivity index (χ1) is 11.5. The van der Waals surface area contributed by atoms with Crippen LogP contribution in [0.1, 0.15) is 0 Å². The predicted molar refractivity (Wildman–Crippen MR) is 90.5 cm³/mol. The molecule has 0 aromatic heterocycles. The van der Waals surface area contributed by atoms with Crippen molar-refractivity contribution in [3.8, 4) is 5.75 Å². The van der Waals surface area contributed by atoms with Gasteiger partial charge in [-0.1, -0.05) is 12.1 Å². The summed E-state index contributed by atoms with van der Waals surface area (Å²) in [6.07, 6.45) is 1.68. The molecule has 0 N–H and O–H groups in total. The molecule has 8 nitrogen and oxygen atoms in total. The quantitative estimate of drug-likeness (QED) is 0.522. The average molecular weight is 355 g/mol. The highest BCUT2D eigenvalue weighted by Crippen LogP contribution is 2.25. The smallest absolute Gasteiger partial charge is 0.310 e. The van der Waals surface area contributed by atoms with E-state index in [-0.39, 0.29) is 24.0 Å². The van der Waals surface area contributed by atoms with E-state index in [1.54, 1.807) is 23.3 Å². The summed E-state index contributed by atoms with van der Waals surface area (Å²) in [4.78, 5) is 26.4. The lowest BCUT2D eigenvalue weighted by molar-refractivity contribution is -0.385. The molecule has 0 saturated carbocycles. The van der Waals surface area contributed by atoms with Gasteiger partial charge in [0, 0.05) is 61.6 Å². The highest BCUT2D eigenvalue weighted by Gasteiger charge is 2.22. The van der Waals surface area contributed by atoms with E-state index < -0.39 is 15.7 Å². The molecule has 24 heavy (non-hydrogen) atoms. The van der Waals surface area contributed by atoms with E-state index in [1.165, 1.54) is 12.1 Å². The van der Waals surface area contributed by atoms with Crippen LogP contribution in [-0.2, 0) is 15.6 Å². The van der Waals surface area contributed by atoms with Gasteiger partial charge in [-0.3, -0.25) is 24.0 Å². The third-order valence-electron chi connectivity index (χ3n) is 3.83. The number of ether oxygens (including phenoxy) is 1. The molecule has 9 heteroatoms. The van der Waals surface area contributed by atoms with Crippen LogP contribution >= 0.6 is 0 Å². The number of rotatable bonds is 7. The Hall–Kier alpha value is -2.00. The van der Waals surface area contributed by atoms with Crippen molar-refractivity contribution >= 4 is 22.4 Å². The number of hydrogen-bond acceptors (Lipinski definition) is 6. The maximum Gasteiger partial charge on any atom is 0.310 e. The van der Waals surface area contributed by atoms with E-state index in [9.17, 15) is 19.1 Å². The van der Waals surface area contributed by atoms with Crippen molar-refractivity contribution in [2.45, 2.75) is 0 Å². The number of nitrogens with zero attached hydrogens (tertiary/aromatic N) is 3. The molecule has 1 amide bonds. The summed E-state index contributed by atoms with van der Waals surface area (Å²) in [5, 5.41) is 10.9. The number of amides is 1. The van der Waals surface area contributed by atoms with Crippen molar-refractivity contribution in [1.82, 2.24) is 9.80 Å². The van der Waals surface area contributed by atoms with Crippen LogP contribution in [0.3, 0.4) is 0 Å². The van der Waals surface area contributed by atoms with E-state index in [1.807, 2.05) is 0 Å². The van der Waals surface area contributed by atoms with E-state index >= 15 is 0 Å². The first-order valence-electron chi connectivity index (χ1n) is 7.63. The Balaban J connectivity index is 1.80. The molecule has 0 radical (unpaired) electrons. The molecule has 1 aliphatic rings. The minimum atomic E-state index is -0.812. The zero-order chi connectivity index (χ0) is 17.5. The van der Waals surface area contributed by atoms with Crippen LogP contribution < -0.4 is 4.74 Å². The van der Waals surface area contributed by atoms with Crippen LogP contribution in [-0.4, -0.2) is 76.2 Å². The second-order valence-electron chi connectivity index (χ2n) is 5.51. The summed E-state index contributed by atoms with van der Waals surface area (Å²) in [6, 6.07) is 6.00. The SMILES string of the molecule is C[S@](=O)CCN1CCN(C(=O)COc2ccccc2[N+](=O)[O-])CC1. The number of carbonyl (C=O) groups excluding carboxylic acids is 1. The number of carbonyl (C=O) groups is 1. The number of nitro benzene ring substituents is 1. The maximum absolute atomic E-state index is 12.2. The van der Waals surface area contributed by atoms with Crippen LogP contribution in [0.4, 0.5) is 5.69 Å². The molecule has 1 aliphatic heterocycles. The summed E-state index contributed by atoms with van der Waals surface area (Å²) in [7, 11) is -0.812. The van der Waals surface area contributed by atoms with E-state index in [4.69, 9.17) is 4.74 Å².